The Labute approximate surface area is 293 Å². The summed E-state index contributed by atoms with van der Waals surface area (Å²) >= 11 is 0. The summed E-state index contributed by atoms with van der Waals surface area (Å²) in [6, 6.07) is -0.727. The SMILES string of the molecule is CCCCCCCCCCCC/C=C/CCCC[C@@H](O)[C@H](CO[C@@H]1O[C@H](CO)[C@@H](O)C(O)C1O)NC(=O)CCCCCCCCCCC. The van der Waals surface area contributed by atoms with Gasteiger partial charge in [0.05, 0.1) is 25.4 Å². The van der Waals surface area contributed by atoms with Crippen LogP contribution in [0.3, 0.4) is 0 Å². The molecule has 0 aliphatic carbocycles. The number of rotatable bonds is 32. The first-order valence-electron chi connectivity index (χ1n) is 19.9. The Bertz CT molecular complexity index is 766. The van der Waals surface area contributed by atoms with E-state index in [0.717, 1.165) is 44.9 Å². The molecular weight excluding hydrogens is 610 g/mol. The molecule has 0 aromatic rings. The fourth-order valence-electron chi connectivity index (χ4n) is 6.33. The number of hydrogen-bond donors (Lipinski definition) is 6. The molecule has 9 nitrogen and oxygen atoms in total. The lowest BCUT2D eigenvalue weighted by Gasteiger charge is -2.40. The first-order chi connectivity index (χ1) is 23.3. The van der Waals surface area contributed by atoms with Crippen molar-refractivity contribution >= 4 is 5.91 Å². The first-order valence-corrected chi connectivity index (χ1v) is 19.9. The van der Waals surface area contributed by atoms with E-state index < -0.39 is 49.5 Å². The number of carbonyl (C=O) groups excluding carboxylic acids is 1. The van der Waals surface area contributed by atoms with Crippen LogP contribution < -0.4 is 5.32 Å². The van der Waals surface area contributed by atoms with Crippen LogP contribution in [-0.4, -0.2) is 87.5 Å². The van der Waals surface area contributed by atoms with Crippen molar-refractivity contribution in [1.82, 2.24) is 5.32 Å². The monoisotopic (exact) mass is 686 g/mol. The van der Waals surface area contributed by atoms with Crippen LogP contribution in [-0.2, 0) is 14.3 Å². The lowest BCUT2D eigenvalue weighted by atomic mass is 9.99. The number of ether oxygens (including phenoxy) is 2. The number of hydrogen-bond acceptors (Lipinski definition) is 8. The number of aliphatic hydroxyl groups is 5. The van der Waals surface area contributed by atoms with Gasteiger partial charge in [0.15, 0.2) is 6.29 Å². The van der Waals surface area contributed by atoms with Crippen molar-refractivity contribution in [1.29, 1.82) is 0 Å². The Hall–Kier alpha value is -1.07. The molecule has 0 bridgehead atoms. The van der Waals surface area contributed by atoms with E-state index in [9.17, 15) is 30.3 Å². The molecule has 284 valence electrons. The summed E-state index contributed by atoms with van der Waals surface area (Å²) in [4.78, 5) is 12.8. The standard InChI is InChI=1S/C39H75NO8/c1-3-5-7-9-11-13-14-15-16-17-18-19-21-22-24-26-28-33(42)32(31-47-39-38(46)37(45)36(44)34(30-41)48-39)40-35(43)29-27-25-23-20-12-10-8-6-4-2/h19,21,32-34,36-39,41-42,44-46H,3-18,20,22-31H2,1-2H3,(H,40,43)/b21-19+/t32-,33+,34+,36+,37?,38?,39+/m0/s1. The summed E-state index contributed by atoms with van der Waals surface area (Å²) in [5, 5.41) is 54.0. The molecule has 0 aromatic heterocycles. The Balaban J connectivity index is 2.41. The van der Waals surface area contributed by atoms with Crippen molar-refractivity contribution < 1.29 is 39.8 Å². The number of carbonyl (C=O) groups is 1. The molecule has 1 amide bonds. The quantitative estimate of drug-likeness (QED) is 0.0328. The number of amides is 1. The minimum atomic E-state index is -1.55. The van der Waals surface area contributed by atoms with E-state index in [1.807, 2.05) is 0 Å². The van der Waals surface area contributed by atoms with Crippen molar-refractivity contribution in [2.75, 3.05) is 13.2 Å². The normalized spacial score (nSPS) is 22.7. The van der Waals surface area contributed by atoms with Crippen LogP contribution in [0.2, 0.25) is 0 Å². The van der Waals surface area contributed by atoms with Crippen LogP contribution in [0.4, 0.5) is 0 Å². The van der Waals surface area contributed by atoms with E-state index >= 15 is 0 Å². The van der Waals surface area contributed by atoms with Gasteiger partial charge in [0.25, 0.3) is 0 Å². The predicted molar refractivity (Wildman–Crippen MR) is 194 cm³/mol. The van der Waals surface area contributed by atoms with E-state index in [1.165, 1.54) is 103 Å². The zero-order chi connectivity index (χ0) is 35.2. The zero-order valence-electron chi connectivity index (χ0n) is 30.7. The van der Waals surface area contributed by atoms with Gasteiger partial charge in [0.2, 0.25) is 5.91 Å². The van der Waals surface area contributed by atoms with Crippen LogP contribution in [0.15, 0.2) is 12.2 Å². The molecule has 0 spiro atoms. The fourth-order valence-corrected chi connectivity index (χ4v) is 6.33. The van der Waals surface area contributed by atoms with Gasteiger partial charge in [-0.25, -0.2) is 0 Å². The molecule has 6 N–H and O–H groups in total. The van der Waals surface area contributed by atoms with Crippen molar-refractivity contribution in [3.8, 4) is 0 Å². The topological polar surface area (TPSA) is 149 Å². The van der Waals surface area contributed by atoms with Crippen LogP contribution >= 0.6 is 0 Å². The molecule has 1 fully saturated rings. The van der Waals surface area contributed by atoms with Crippen LogP contribution in [0.5, 0.6) is 0 Å². The van der Waals surface area contributed by atoms with Gasteiger partial charge < -0.3 is 40.3 Å². The van der Waals surface area contributed by atoms with E-state index in [2.05, 4.69) is 31.3 Å². The fraction of sp³-hybridized carbons (Fsp3) is 0.923. The minimum Gasteiger partial charge on any atom is -0.394 e. The summed E-state index contributed by atoms with van der Waals surface area (Å²) in [7, 11) is 0. The lowest BCUT2D eigenvalue weighted by Crippen LogP contribution is -2.60. The van der Waals surface area contributed by atoms with Gasteiger partial charge >= 0.3 is 0 Å². The highest BCUT2D eigenvalue weighted by Crippen LogP contribution is 2.23. The second kappa shape index (κ2) is 30.7. The summed E-state index contributed by atoms with van der Waals surface area (Å²) in [5.74, 6) is -0.158. The van der Waals surface area contributed by atoms with Crippen LogP contribution in [0.25, 0.3) is 0 Å². The molecule has 48 heavy (non-hydrogen) atoms. The smallest absolute Gasteiger partial charge is 0.220 e. The van der Waals surface area contributed by atoms with Crippen LogP contribution in [0, 0.1) is 0 Å². The summed E-state index contributed by atoms with van der Waals surface area (Å²) in [6.07, 6.45) is 25.1. The molecule has 1 rings (SSSR count). The number of unbranched alkanes of at least 4 members (excludes halogenated alkanes) is 20. The number of aliphatic hydroxyl groups excluding tert-OH is 5. The second-order valence-corrected chi connectivity index (χ2v) is 14.1. The van der Waals surface area contributed by atoms with Gasteiger partial charge in [-0.05, 0) is 38.5 Å². The Morgan fingerprint density at radius 3 is 1.69 bits per heavy atom. The lowest BCUT2D eigenvalue weighted by molar-refractivity contribution is -0.302. The molecule has 1 aliphatic heterocycles. The van der Waals surface area contributed by atoms with E-state index in [1.54, 1.807) is 0 Å². The molecule has 7 atom stereocenters. The minimum absolute atomic E-state index is 0.147. The summed E-state index contributed by atoms with van der Waals surface area (Å²) in [6.45, 7) is 3.77. The third kappa shape index (κ3) is 21.9. The molecule has 0 aromatic carbocycles. The van der Waals surface area contributed by atoms with Gasteiger partial charge in [-0.1, -0.05) is 142 Å². The van der Waals surface area contributed by atoms with Gasteiger partial charge in [-0.3, -0.25) is 4.79 Å². The molecule has 1 saturated heterocycles. The molecule has 1 aliphatic rings. The maximum absolute atomic E-state index is 12.8. The maximum atomic E-state index is 12.8. The molecule has 2 unspecified atom stereocenters. The van der Waals surface area contributed by atoms with Gasteiger partial charge in [0.1, 0.15) is 24.4 Å². The molecule has 0 radical (unpaired) electrons. The average Bonchev–Trinajstić information content (AvgIpc) is 3.08. The largest absolute Gasteiger partial charge is 0.394 e. The molecular formula is C39H75NO8. The second-order valence-electron chi connectivity index (χ2n) is 14.1. The molecule has 1 heterocycles. The summed E-state index contributed by atoms with van der Waals surface area (Å²) < 4.78 is 11.2. The summed E-state index contributed by atoms with van der Waals surface area (Å²) in [5.41, 5.74) is 0. The van der Waals surface area contributed by atoms with E-state index in [0.29, 0.717) is 12.8 Å². The highest BCUT2D eigenvalue weighted by molar-refractivity contribution is 5.76. The first kappa shape index (κ1) is 45.0. The van der Waals surface area contributed by atoms with Crippen LogP contribution in [0.1, 0.15) is 174 Å². The number of allylic oxidation sites excluding steroid dienone is 2. The van der Waals surface area contributed by atoms with Crippen molar-refractivity contribution in [3.63, 3.8) is 0 Å². The van der Waals surface area contributed by atoms with Gasteiger partial charge in [-0.15, -0.1) is 0 Å². The van der Waals surface area contributed by atoms with Crippen molar-refractivity contribution in [2.24, 2.45) is 0 Å². The van der Waals surface area contributed by atoms with Gasteiger partial charge in [-0.2, -0.15) is 0 Å². The Kier molecular flexibility index (Phi) is 28.8. The Morgan fingerprint density at radius 1 is 0.688 bits per heavy atom. The highest BCUT2D eigenvalue weighted by Gasteiger charge is 2.44. The van der Waals surface area contributed by atoms with Crippen molar-refractivity contribution in [2.45, 2.75) is 217 Å². The highest BCUT2D eigenvalue weighted by atomic mass is 16.7. The third-order valence-electron chi connectivity index (χ3n) is 9.62. The average molecular weight is 686 g/mol. The molecule has 9 heteroatoms. The van der Waals surface area contributed by atoms with E-state index in [-0.39, 0.29) is 12.5 Å². The van der Waals surface area contributed by atoms with Crippen molar-refractivity contribution in [3.05, 3.63) is 12.2 Å². The Morgan fingerprint density at radius 2 is 1.17 bits per heavy atom. The third-order valence-corrected chi connectivity index (χ3v) is 9.62. The molecule has 0 saturated carbocycles. The predicted octanol–water partition coefficient (Wildman–Crippen LogP) is 7.00. The van der Waals surface area contributed by atoms with Gasteiger partial charge in [0, 0.05) is 6.42 Å². The van der Waals surface area contributed by atoms with E-state index in [4.69, 9.17) is 9.47 Å². The maximum Gasteiger partial charge on any atom is 0.220 e. The number of nitrogens with one attached hydrogen (secondary N) is 1. The zero-order valence-corrected chi connectivity index (χ0v) is 30.7.